The van der Waals surface area contributed by atoms with Gasteiger partial charge in [0.1, 0.15) is 5.78 Å². The third kappa shape index (κ3) is 5.11. The molecule has 0 radical (unpaired) electrons. The Labute approximate surface area is 104 Å². The van der Waals surface area contributed by atoms with Gasteiger partial charge < -0.3 is 9.47 Å². The molecule has 0 spiro atoms. The highest BCUT2D eigenvalue weighted by atomic mass is 19.4. The van der Waals surface area contributed by atoms with Crippen molar-refractivity contribution in [2.24, 2.45) is 0 Å². The lowest BCUT2D eigenvalue weighted by Crippen LogP contribution is -2.19. The Balaban J connectivity index is 3.19. The second-order valence-electron chi connectivity index (χ2n) is 3.55. The second-order valence-corrected chi connectivity index (χ2v) is 3.55. The van der Waals surface area contributed by atoms with Gasteiger partial charge in [-0.2, -0.15) is 8.78 Å². The Hall–Kier alpha value is -1.86. The monoisotopic (exact) mass is 284 g/mol. The minimum absolute atomic E-state index is 0.178. The summed E-state index contributed by atoms with van der Waals surface area (Å²) in [5.41, 5.74) is -0.178. The normalized spacial score (nSPS) is 11.5. The van der Waals surface area contributed by atoms with Crippen LogP contribution in [0.2, 0.25) is 0 Å². The second kappa shape index (κ2) is 5.85. The van der Waals surface area contributed by atoms with Crippen molar-refractivity contribution < 1.29 is 36.2 Å². The molecule has 8 heteroatoms. The highest BCUT2D eigenvalue weighted by Gasteiger charge is 2.34. The average Bonchev–Trinajstić information content (AvgIpc) is 2.19. The van der Waals surface area contributed by atoms with Crippen LogP contribution in [0.25, 0.3) is 0 Å². The van der Waals surface area contributed by atoms with Gasteiger partial charge in [0, 0.05) is 12.0 Å². The zero-order valence-electron chi connectivity index (χ0n) is 9.63. The summed E-state index contributed by atoms with van der Waals surface area (Å²) >= 11 is 0. The lowest BCUT2D eigenvalue weighted by atomic mass is 10.1. The molecule has 0 saturated heterocycles. The van der Waals surface area contributed by atoms with Crippen LogP contribution in [-0.2, 0) is 11.2 Å². The molecule has 1 aromatic carbocycles. The Bertz CT molecular complexity index is 456. The summed E-state index contributed by atoms with van der Waals surface area (Å²) in [5.74, 6) is -2.14. The van der Waals surface area contributed by atoms with Gasteiger partial charge in [-0.3, -0.25) is 4.79 Å². The van der Waals surface area contributed by atoms with Crippen molar-refractivity contribution in [3.8, 4) is 11.5 Å². The maximum Gasteiger partial charge on any atom is 0.573 e. The number of alkyl halides is 5. The van der Waals surface area contributed by atoms with E-state index in [0.717, 1.165) is 13.0 Å². The molecule has 0 fully saturated rings. The summed E-state index contributed by atoms with van der Waals surface area (Å²) < 4.78 is 68.5. The third-order valence-electron chi connectivity index (χ3n) is 1.93. The third-order valence-corrected chi connectivity index (χ3v) is 1.93. The van der Waals surface area contributed by atoms with E-state index in [1.165, 1.54) is 12.1 Å². The van der Waals surface area contributed by atoms with Gasteiger partial charge >= 0.3 is 13.0 Å². The van der Waals surface area contributed by atoms with E-state index in [1.807, 2.05) is 0 Å². The summed E-state index contributed by atoms with van der Waals surface area (Å²) in [7, 11) is 0. The molecule has 0 saturated carbocycles. The van der Waals surface area contributed by atoms with E-state index in [-0.39, 0.29) is 12.0 Å². The standard InChI is InChI=1S/C11H9F5O3/c1-6(17)5-7-3-2-4-8(18-10(12)13)9(7)19-11(14,15)16/h2-4,10H,5H2,1H3. The van der Waals surface area contributed by atoms with Crippen LogP contribution in [0, 0.1) is 0 Å². The summed E-state index contributed by atoms with van der Waals surface area (Å²) in [6.45, 7) is -2.15. The molecule has 0 atom stereocenters. The van der Waals surface area contributed by atoms with Gasteiger partial charge in [0.05, 0.1) is 0 Å². The van der Waals surface area contributed by atoms with Gasteiger partial charge in [0.15, 0.2) is 11.5 Å². The first kappa shape index (κ1) is 15.2. The molecule has 0 heterocycles. The molecule has 0 aliphatic rings. The van der Waals surface area contributed by atoms with Crippen molar-refractivity contribution in [1.82, 2.24) is 0 Å². The predicted octanol–water partition coefficient (Wildman–Crippen LogP) is 3.32. The molecule has 0 N–H and O–H groups in total. The van der Waals surface area contributed by atoms with Crippen LogP contribution in [0.5, 0.6) is 11.5 Å². The molecule has 3 nitrogen and oxygen atoms in total. The topological polar surface area (TPSA) is 35.5 Å². The molecular formula is C11H9F5O3. The van der Waals surface area contributed by atoms with Crippen molar-refractivity contribution >= 4 is 5.78 Å². The van der Waals surface area contributed by atoms with Gasteiger partial charge in [0.2, 0.25) is 0 Å². The Morgan fingerprint density at radius 1 is 1.32 bits per heavy atom. The van der Waals surface area contributed by atoms with E-state index in [0.29, 0.717) is 0 Å². The number of hydrogen-bond acceptors (Lipinski definition) is 3. The molecule has 1 aromatic rings. The van der Waals surface area contributed by atoms with Gasteiger partial charge in [0.25, 0.3) is 0 Å². The number of benzene rings is 1. The average molecular weight is 284 g/mol. The van der Waals surface area contributed by atoms with Gasteiger partial charge in [-0.05, 0) is 13.0 Å². The van der Waals surface area contributed by atoms with E-state index in [4.69, 9.17) is 0 Å². The van der Waals surface area contributed by atoms with Gasteiger partial charge in [-0.1, -0.05) is 12.1 Å². The number of rotatable bonds is 5. The molecule has 0 aromatic heterocycles. The van der Waals surface area contributed by atoms with E-state index >= 15 is 0 Å². The number of para-hydroxylation sites is 1. The summed E-state index contributed by atoms with van der Waals surface area (Å²) in [6.07, 6.45) is -5.46. The SMILES string of the molecule is CC(=O)Cc1cccc(OC(F)F)c1OC(F)(F)F. The highest BCUT2D eigenvalue weighted by molar-refractivity contribution is 5.79. The Morgan fingerprint density at radius 3 is 2.42 bits per heavy atom. The number of Topliss-reactive ketones (excluding diaryl/α,β-unsaturated/α-hetero) is 1. The van der Waals surface area contributed by atoms with Crippen molar-refractivity contribution in [1.29, 1.82) is 0 Å². The Kier molecular flexibility index (Phi) is 4.68. The maximum absolute atomic E-state index is 12.2. The molecule has 0 amide bonds. The van der Waals surface area contributed by atoms with E-state index in [2.05, 4.69) is 9.47 Å². The zero-order valence-corrected chi connectivity index (χ0v) is 9.63. The first-order chi connectivity index (χ1) is 8.69. The number of halogens is 5. The van der Waals surface area contributed by atoms with Crippen LogP contribution < -0.4 is 9.47 Å². The fourth-order valence-corrected chi connectivity index (χ4v) is 1.39. The van der Waals surface area contributed by atoms with Crippen LogP contribution in [-0.4, -0.2) is 18.8 Å². The fourth-order valence-electron chi connectivity index (χ4n) is 1.39. The first-order valence-electron chi connectivity index (χ1n) is 5.01. The summed E-state index contributed by atoms with van der Waals surface area (Å²) in [4.78, 5) is 10.9. The van der Waals surface area contributed by atoms with Gasteiger partial charge in [-0.15, -0.1) is 13.2 Å². The van der Waals surface area contributed by atoms with Crippen molar-refractivity contribution in [3.63, 3.8) is 0 Å². The first-order valence-corrected chi connectivity index (χ1v) is 5.01. The van der Waals surface area contributed by atoms with Crippen molar-refractivity contribution in [2.75, 3.05) is 0 Å². The highest BCUT2D eigenvalue weighted by Crippen LogP contribution is 2.36. The summed E-state index contributed by atoms with van der Waals surface area (Å²) in [6, 6.07) is 3.26. The molecule has 0 bridgehead atoms. The molecule has 1 rings (SSSR count). The largest absolute Gasteiger partial charge is 0.573 e. The molecule has 106 valence electrons. The van der Waals surface area contributed by atoms with E-state index in [9.17, 15) is 26.7 Å². The van der Waals surface area contributed by atoms with Crippen LogP contribution in [0.4, 0.5) is 22.0 Å². The van der Waals surface area contributed by atoms with Crippen molar-refractivity contribution in [3.05, 3.63) is 23.8 Å². The van der Waals surface area contributed by atoms with E-state index < -0.39 is 30.3 Å². The molecule has 0 aliphatic carbocycles. The smallest absolute Gasteiger partial charge is 0.431 e. The lowest BCUT2D eigenvalue weighted by Gasteiger charge is -2.16. The minimum Gasteiger partial charge on any atom is -0.431 e. The molecule has 0 aliphatic heterocycles. The number of ether oxygens (including phenoxy) is 2. The fraction of sp³-hybridized carbons (Fsp3) is 0.364. The molecular weight excluding hydrogens is 275 g/mol. The number of ketones is 1. The number of carbonyl (C=O) groups excluding carboxylic acids is 1. The quantitative estimate of drug-likeness (QED) is 0.778. The molecule has 0 unspecified atom stereocenters. The van der Waals surface area contributed by atoms with Crippen LogP contribution in [0.1, 0.15) is 12.5 Å². The predicted molar refractivity (Wildman–Crippen MR) is 54.1 cm³/mol. The lowest BCUT2D eigenvalue weighted by molar-refractivity contribution is -0.275. The molecule has 19 heavy (non-hydrogen) atoms. The maximum atomic E-state index is 12.2. The van der Waals surface area contributed by atoms with Crippen LogP contribution in [0.3, 0.4) is 0 Å². The van der Waals surface area contributed by atoms with Crippen molar-refractivity contribution in [2.45, 2.75) is 26.3 Å². The number of carbonyl (C=O) groups is 1. The van der Waals surface area contributed by atoms with E-state index in [1.54, 1.807) is 0 Å². The van der Waals surface area contributed by atoms with Gasteiger partial charge in [-0.25, -0.2) is 0 Å². The van der Waals surface area contributed by atoms with Crippen LogP contribution >= 0.6 is 0 Å². The Morgan fingerprint density at radius 2 is 1.95 bits per heavy atom. The zero-order chi connectivity index (χ0) is 14.6. The number of hydrogen-bond donors (Lipinski definition) is 0. The minimum atomic E-state index is -5.08. The van der Waals surface area contributed by atoms with Crippen LogP contribution in [0.15, 0.2) is 18.2 Å². The summed E-state index contributed by atoms with van der Waals surface area (Å²) in [5, 5.41) is 0.